The smallest absolute Gasteiger partial charge is 0.269 e. The summed E-state index contributed by atoms with van der Waals surface area (Å²) in [4.78, 5) is 32.0. The van der Waals surface area contributed by atoms with Crippen molar-refractivity contribution in [2.75, 3.05) is 10.6 Å². The molecule has 8 nitrogen and oxygen atoms in total. The lowest BCUT2D eigenvalue weighted by molar-refractivity contribution is -0.119. The Kier molecular flexibility index (Phi) is 5.92. The number of primary amides is 2. The lowest BCUT2D eigenvalue weighted by Crippen LogP contribution is -2.36. The average Bonchev–Trinajstić information content (AvgIpc) is 2.67. The summed E-state index contributed by atoms with van der Waals surface area (Å²) in [5.41, 5.74) is 13.7. The summed E-state index contributed by atoms with van der Waals surface area (Å²) < 4.78 is 0. The molecule has 150 valence electrons. The van der Waals surface area contributed by atoms with Crippen LogP contribution in [0.2, 0.25) is 0 Å². The number of carbonyl (C=O) groups excluding carboxylic acids is 2. The van der Waals surface area contributed by atoms with E-state index in [1.165, 1.54) is 6.20 Å². The van der Waals surface area contributed by atoms with E-state index in [1.54, 1.807) is 12.3 Å². The Bertz CT molecular complexity index is 1050. The number of nitrogens with one attached hydrogen (secondary N) is 2. The number of hydrogen-bond acceptors (Lipinski definition) is 6. The molecular weight excluding hydrogens is 368 g/mol. The van der Waals surface area contributed by atoms with E-state index in [4.69, 9.17) is 11.5 Å². The Morgan fingerprint density at radius 3 is 2.55 bits per heavy atom. The standard InChI is InChI=1S/C21H24N6O2/c1-12(2)8-18(20(22)28)27-15-10-17(19(21(23)29)25-11-15)26-14-5-6-16-13(9-14)4-3-7-24-16/h3-7,9-12,18,26-27H,8H2,1-2H3,(H2,22,28)(H2,23,29). The van der Waals surface area contributed by atoms with Crippen molar-refractivity contribution in [3.63, 3.8) is 0 Å². The summed E-state index contributed by atoms with van der Waals surface area (Å²) in [6, 6.07) is 10.6. The first-order valence-corrected chi connectivity index (χ1v) is 9.31. The van der Waals surface area contributed by atoms with Crippen molar-refractivity contribution in [1.29, 1.82) is 0 Å². The Labute approximate surface area is 168 Å². The Balaban J connectivity index is 1.91. The summed E-state index contributed by atoms with van der Waals surface area (Å²) in [6.45, 7) is 4.02. The molecule has 3 rings (SSSR count). The van der Waals surface area contributed by atoms with Crippen LogP contribution < -0.4 is 22.1 Å². The quantitative estimate of drug-likeness (QED) is 0.465. The lowest BCUT2D eigenvalue weighted by Gasteiger charge is -2.19. The van der Waals surface area contributed by atoms with Gasteiger partial charge in [0.05, 0.1) is 23.1 Å². The number of aromatic nitrogens is 2. The molecule has 0 saturated carbocycles. The van der Waals surface area contributed by atoms with Gasteiger partial charge in [-0.15, -0.1) is 0 Å². The minimum atomic E-state index is -0.657. The molecular formula is C21H24N6O2. The molecule has 2 amide bonds. The minimum absolute atomic E-state index is 0.0984. The number of nitrogens with zero attached hydrogens (tertiary/aromatic N) is 2. The van der Waals surface area contributed by atoms with Gasteiger partial charge in [0.2, 0.25) is 5.91 Å². The van der Waals surface area contributed by atoms with E-state index in [1.807, 2.05) is 44.2 Å². The van der Waals surface area contributed by atoms with E-state index in [0.717, 1.165) is 16.6 Å². The average molecular weight is 392 g/mol. The van der Waals surface area contributed by atoms with Crippen LogP contribution in [0.4, 0.5) is 17.1 Å². The highest BCUT2D eigenvalue weighted by atomic mass is 16.1. The molecule has 0 aliphatic carbocycles. The van der Waals surface area contributed by atoms with Crippen LogP contribution in [0.5, 0.6) is 0 Å². The van der Waals surface area contributed by atoms with Crippen molar-refractivity contribution in [2.24, 2.45) is 17.4 Å². The highest BCUT2D eigenvalue weighted by Gasteiger charge is 2.18. The van der Waals surface area contributed by atoms with Crippen LogP contribution in [-0.4, -0.2) is 27.8 Å². The SMILES string of the molecule is CC(C)CC(Nc1cnc(C(N)=O)c(Nc2ccc3ncccc3c2)c1)C(N)=O. The van der Waals surface area contributed by atoms with Gasteiger partial charge in [0.25, 0.3) is 5.91 Å². The fraction of sp³-hybridized carbons (Fsp3) is 0.238. The maximum Gasteiger partial charge on any atom is 0.269 e. The van der Waals surface area contributed by atoms with Crippen LogP contribution in [0.1, 0.15) is 30.8 Å². The molecule has 8 heteroatoms. The molecule has 0 radical (unpaired) electrons. The van der Waals surface area contributed by atoms with Crippen molar-refractivity contribution in [3.05, 3.63) is 54.5 Å². The van der Waals surface area contributed by atoms with E-state index in [2.05, 4.69) is 20.6 Å². The molecule has 29 heavy (non-hydrogen) atoms. The summed E-state index contributed by atoms with van der Waals surface area (Å²) in [5, 5.41) is 7.23. The Morgan fingerprint density at radius 1 is 1.07 bits per heavy atom. The summed E-state index contributed by atoms with van der Waals surface area (Å²) in [7, 11) is 0. The van der Waals surface area contributed by atoms with Crippen LogP contribution in [0, 0.1) is 5.92 Å². The number of carbonyl (C=O) groups is 2. The second-order valence-electron chi connectivity index (χ2n) is 7.25. The summed E-state index contributed by atoms with van der Waals surface area (Å²) >= 11 is 0. The predicted octanol–water partition coefficient (Wildman–Crippen LogP) is 2.78. The molecule has 0 spiro atoms. The maximum atomic E-state index is 11.8. The first-order chi connectivity index (χ1) is 13.8. The first kappa shape index (κ1) is 20.1. The fourth-order valence-corrected chi connectivity index (χ4v) is 3.06. The zero-order valence-electron chi connectivity index (χ0n) is 16.3. The molecule has 6 N–H and O–H groups in total. The molecule has 2 heterocycles. The van der Waals surface area contributed by atoms with Crippen molar-refractivity contribution < 1.29 is 9.59 Å². The third-order valence-electron chi connectivity index (χ3n) is 4.39. The third kappa shape index (κ3) is 4.98. The van der Waals surface area contributed by atoms with Gasteiger partial charge in [0, 0.05) is 17.3 Å². The number of benzene rings is 1. The largest absolute Gasteiger partial charge is 0.372 e. The second kappa shape index (κ2) is 8.55. The fourth-order valence-electron chi connectivity index (χ4n) is 3.06. The summed E-state index contributed by atoms with van der Waals surface area (Å²) in [6.07, 6.45) is 3.77. The van der Waals surface area contributed by atoms with Crippen LogP contribution in [-0.2, 0) is 4.79 Å². The first-order valence-electron chi connectivity index (χ1n) is 9.31. The number of amides is 2. The minimum Gasteiger partial charge on any atom is -0.372 e. The van der Waals surface area contributed by atoms with Crippen LogP contribution in [0.25, 0.3) is 10.9 Å². The number of nitrogens with two attached hydrogens (primary N) is 2. The maximum absolute atomic E-state index is 11.8. The highest BCUT2D eigenvalue weighted by Crippen LogP contribution is 2.26. The van der Waals surface area contributed by atoms with E-state index >= 15 is 0 Å². The monoisotopic (exact) mass is 392 g/mol. The van der Waals surface area contributed by atoms with Crippen molar-refractivity contribution in [1.82, 2.24) is 9.97 Å². The summed E-state index contributed by atoms with van der Waals surface area (Å²) in [5.74, 6) is -0.828. The van der Waals surface area contributed by atoms with Crippen molar-refractivity contribution >= 4 is 39.8 Å². The molecule has 0 saturated heterocycles. The van der Waals surface area contributed by atoms with E-state index < -0.39 is 17.9 Å². The van der Waals surface area contributed by atoms with Crippen LogP contribution in [0.15, 0.2) is 48.8 Å². The molecule has 0 bridgehead atoms. The van der Waals surface area contributed by atoms with Gasteiger partial charge >= 0.3 is 0 Å². The number of rotatable bonds is 8. The molecule has 2 aromatic heterocycles. The van der Waals surface area contributed by atoms with Gasteiger partial charge in [-0.1, -0.05) is 19.9 Å². The normalized spacial score (nSPS) is 12.0. The van der Waals surface area contributed by atoms with E-state index in [-0.39, 0.29) is 11.6 Å². The molecule has 3 aromatic rings. The van der Waals surface area contributed by atoms with Crippen molar-refractivity contribution in [3.8, 4) is 0 Å². The van der Waals surface area contributed by atoms with E-state index in [0.29, 0.717) is 17.8 Å². The van der Waals surface area contributed by atoms with Gasteiger partial charge in [0.1, 0.15) is 6.04 Å². The third-order valence-corrected chi connectivity index (χ3v) is 4.39. The zero-order valence-corrected chi connectivity index (χ0v) is 16.3. The Hall–Kier alpha value is -3.68. The van der Waals surface area contributed by atoms with Gasteiger partial charge in [-0.2, -0.15) is 0 Å². The lowest BCUT2D eigenvalue weighted by atomic mass is 10.0. The molecule has 0 fully saturated rings. The Morgan fingerprint density at radius 2 is 1.86 bits per heavy atom. The molecule has 1 atom stereocenters. The second-order valence-corrected chi connectivity index (χ2v) is 7.25. The van der Waals surface area contributed by atoms with Gasteiger partial charge in [0.15, 0.2) is 5.69 Å². The van der Waals surface area contributed by atoms with Gasteiger partial charge in [-0.05, 0) is 42.7 Å². The zero-order chi connectivity index (χ0) is 21.0. The topological polar surface area (TPSA) is 136 Å². The van der Waals surface area contributed by atoms with Gasteiger partial charge in [-0.3, -0.25) is 14.6 Å². The number of hydrogen-bond donors (Lipinski definition) is 4. The van der Waals surface area contributed by atoms with Crippen molar-refractivity contribution in [2.45, 2.75) is 26.3 Å². The molecule has 0 aliphatic heterocycles. The molecule has 1 aromatic carbocycles. The number of anilines is 3. The predicted molar refractivity (Wildman–Crippen MR) is 114 cm³/mol. The highest BCUT2D eigenvalue weighted by molar-refractivity contribution is 5.98. The van der Waals surface area contributed by atoms with E-state index in [9.17, 15) is 9.59 Å². The van der Waals surface area contributed by atoms with Gasteiger partial charge < -0.3 is 22.1 Å². The van der Waals surface area contributed by atoms with Crippen LogP contribution in [0.3, 0.4) is 0 Å². The molecule has 0 aliphatic rings. The number of fused-ring (bicyclic) bond motifs is 1. The van der Waals surface area contributed by atoms with Crippen LogP contribution >= 0.6 is 0 Å². The molecule has 1 unspecified atom stereocenters. The number of pyridine rings is 2. The van der Waals surface area contributed by atoms with Gasteiger partial charge in [-0.25, -0.2) is 4.98 Å².